The maximum absolute atomic E-state index is 14.1. The number of hydrogen-bond donors (Lipinski definition) is 1. The van der Waals surface area contributed by atoms with E-state index in [0.29, 0.717) is 46.2 Å². The van der Waals surface area contributed by atoms with Crippen LogP contribution >= 0.6 is 0 Å². The lowest BCUT2D eigenvalue weighted by atomic mass is 10.0. The molecule has 0 unspecified atom stereocenters. The number of carbonyl (C=O) groups is 2. The lowest BCUT2D eigenvalue weighted by molar-refractivity contribution is -0.127. The number of carbonyl (C=O) groups excluding carboxylic acids is 2. The summed E-state index contributed by atoms with van der Waals surface area (Å²) in [5.41, 5.74) is 2.38. The van der Waals surface area contributed by atoms with Gasteiger partial charge in [0.2, 0.25) is 11.8 Å². The molecular formula is C28H32N6O4. The zero-order chi connectivity index (χ0) is 27.1. The van der Waals surface area contributed by atoms with E-state index in [0.717, 1.165) is 6.42 Å². The fraction of sp³-hybridized carbons (Fsp3) is 0.321. The van der Waals surface area contributed by atoms with Crippen molar-refractivity contribution in [2.24, 2.45) is 5.92 Å². The summed E-state index contributed by atoms with van der Waals surface area (Å²) in [4.78, 5) is 33.5. The molecule has 2 amide bonds. The molecule has 0 aliphatic heterocycles. The molecule has 1 N–H and O–H groups in total. The van der Waals surface area contributed by atoms with Crippen LogP contribution in [-0.4, -0.2) is 52.6 Å². The van der Waals surface area contributed by atoms with Crippen LogP contribution in [-0.2, 0) is 16.1 Å². The number of nitrogens with one attached hydrogen (secondary N) is 1. The van der Waals surface area contributed by atoms with E-state index in [1.165, 1.54) is 23.8 Å². The van der Waals surface area contributed by atoms with Crippen molar-refractivity contribution in [1.29, 1.82) is 0 Å². The Balaban J connectivity index is 1.81. The summed E-state index contributed by atoms with van der Waals surface area (Å²) < 4.78 is 12.5. The Labute approximate surface area is 221 Å². The summed E-state index contributed by atoms with van der Waals surface area (Å²) in [6, 6.07) is 15.0. The Hall–Kier alpha value is -4.47. The highest BCUT2D eigenvalue weighted by Gasteiger charge is 2.34. The number of fused-ring (bicyclic) bond motifs is 1. The minimum absolute atomic E-state index is 0.143. The van der Waals surface area contributed by atoms with Crippen molar-refractivity contribution in [3.8, 4) is 11.5 Å². The Morgan fingerprint density at radius 2 is 1.76 bits per heavy atom. The van der Waals surface area contributed by atoms with Gasteiger partial charge in [0.05, 0.1) is 25.4 Å². The topological polar surface area (TPSA) is 111 Å². The number of benzene rings is 2. The quantitative estimate of drug-likeness (QED) is 0.323. The molecule has 2 aromatic heterocycles. The highest BCUT2D eigenvalue weighted by molar-refractivity contribution is 6.01. The molecule has 4 aromatic rings. The van der Waals surface area contributed by atoms with Gasteiger partial charge in [-0.15, -0.1) is 5.10 Å². The molecule has 2 aromatic carbocycles. The predicted molar refractivity (Wildman–Crippen MR) is 144 cm³/mol. The fourth-order valence-electron chi connectivity index (χ4n) is 4.14. The minimum atomic E-state index is -1.00. The Morgan fingerprint density at radius 1 is 1.03 bits per heavy atom. The number of methoxy groups -OCH3 is 2. The summed E-state index contributed by atoms with van der Waals surface area (Å²) in [6.07, 6.45) is 4.02. The molecule has 0 spiro atoms. The zero-order valence-corrected chi connectivity index (χ0v) is 22.0. The van der Waals surface area contributed by atoms with E-state index in [2.05, 4.69) is 34.5 Å². The first-order valence-corrected chi connectivity index (χ1v) is 12.4. The third-order valence-electron chi connectivity index (χ3n) is 6.12. The van der Waals surface area contributed by atoms with E-state index in [1.54, 1.807) is 42.7 Å². The average Bonchev–Trinajstić information content (AvgIpc) is 3.33. The molecule has 0 saturated carbocycles. The van der Waals surface area contributed by atoms with E-state index in [1.807, 2.05) is 24.3 Å². The first kappa shape index (κ1) is 26.6. The molecule has 10 nitrogen and oxygen atoms in total. The number of rotatable bonds is 11. The largest absolute Gasteiger partial charge is 0.497 e. The molecule has 0 radical (unpaired) electrons. The number of aromatic nitrogens is 4. The SMILES string of the molecule is COc1cc(OC)cc(N(C(=O)Cn2nnc3ccccc32)[C@H](C(=O)NCCC(C)C)c2cccnc2)c1. The van der Waals surface area contributed by atoms with Crippen LogP contribution in [0.25, 0.3) is 11.0 Å². The maximum Gasteiger partial charge on any atom is 0.249 e. The third-order valence-corrected chi connectivity index (χ3v) is 6.12. The van der Waals surface area contributed by atoms with E-state index >= 15 is 0 Å². The van der Waals surface area contributed by atoms with Crippen LogP contribution in [0.1, 0.15) is 31.9 Å². The normalized spacial score (nSPS) is 11.8. The van der Waals surface area contributed by atoms with Crippen molar-refractivity contribution in [2.45, 2.75) is 32.9 Å². The first-order chi connectivity index (χ1) is 18.4. The second-order valence-corrected chi connectivity index (χ2v) is 9.23. The molecule has 2 heterocycles. The standard InChI is InChI=1S/C28H32N6O4/c1-19(2)11-13-30-28(36)27(20-8-7-12-29-17-20)34(21-14-22(37-3)16-23(15-21)38-4)26(35)18-33-25-10-6-5-9-24(25)31-32-33/h5-10,12,14-17,19,27H,11,13,18H2,1-4H3,(H,30,36)/t27-/m0/s1. The summed E-state index contributed by atoms with van der Waals surface area (Å²) in [5.74, 6) is 0.677. The van der Waals surface area contributed by atoms with Crippen LogP contribution in [0.2, 0.25) is 0 Å². The molecule has 0 saturated heterocycles. The van der Waals surface area contributed by atoms with Gasteiger partial charge in [0.1, 0.15) is 29.6 Å². The fourth-order valence-corrected chi connectivity index (χ4v) is 4.14. The van der Waals surface area contributed by atoms with Crippen LogP contribution in [0.5, 0.6) is 11.5 Å². The summed E-state index contributed by atoms with van der Waals surface area (Å²) in [7, 11) is 3.06. The van der Waals surface area contributed by atoms with Crippen molar-refractivity contribution in [3.05, 3.63) is 72.6 Å². The molecule has 4 rings (SSSR count). The van der Waals surface area contributed by atoms with Crippen molar-refractivity contribution in [2.75, 3.05) is 25.7 Å². The zero-order valence-electron chi connectivity index (χ0n) is 22.0. The van der Waals surface area contributed by atoms with Gasteiger partial charge in [-0.2, -0.15) is 0 Å². The van der Waals surface area contributed by atoms with E-state index in [-0.39, 0.29) is 18.4 Å². The summed E-state index contributed by atoms with van der Waals surface area (Å²) >= 11 is 0. The van der Waals surface area contributed by atoms with Crippen LogP contribution in [0.4, 0.5) is 5.69 Å². The number of hydrogen-bond acceptors (Lipinski definition) is 7. The lowest BCUT2D eigenvalue weighted by Crippen LogP contribution is -2.45. The number of ether oxygens (including phenoxy) is 2. The van der Waals surface area contributed by atoms with Crippen molar-refractivity contribution in [3.63, 3.8) is 0 Å². The van der Waals surface area contributed by atoms with Crippen molar-refractivity contribution in [1.82, 2.24) is 25.3 Å². The average molecular weight is 517 g/mol. The molecular weight excluding hydrogens is 484 g/mol. The van der Waals surface area contributed by atoms with Crippen LogP contribution in [0, 0.1) is 5.92 Å². The van der Waals surface area contributed by atoms with Crippen LogP contribution in [0.3, 0.4) is 0 Å². The van der Waals surface area contributed by atoms with Gasteiger partial charge < -0.3 is 14.8 Å². The van der Waals surface area contributed by atoms with Gasteiger partial charge in [-0.1, -0.05) is 37.3 Å². The Morgan fingerprint density at radius 3 is 2.42 bits per heavy atom. The number of pyridine rings is 1. The first-order valence-electron chi connectivity index (χ1n) is 12.4. The van der Waals surface area contributed by atoms with Gasteiger partial charge in [-0.25, -0.2) is 4.68 Å². The maximum atomic E-state index is 14.1. The number of amides is 2. The summed E-state index contributed by atoms with van der Waals surface area (Å²) in [6.45, 7) is 4.51. The Bertz CT molecular complexity index is 1370. The van der Waals surface area contributed by atoms with Gasteiger partial charge in [-0.05, 0) is 30.5 Å². The van der Waals surface area contributed by atoms with Gasteiger partial charge in [0, 0.05) is 42.7 Å². The summed E-state index contributed by atoms with van der Waals surface area (Å²) in [5, 5.41) is 11.4. The van der Waals surface area contributed by atoms with Gasteiger partial charge in [-0.3, -0.25) is 19.5 Å². The third kappa shape index (κ3) is 6.08. The smallest absolute Gasteiger partial charge is 0.249 e. The van der Waals surface area contributed by atoms with Crippen LogP contribution in [0.15, 0.2) is 67.0 Å². The van der Waals surface area contributed by atoms with E-state index in [9.17, 15) is 9.59 Å². The molecule has 10 heteroatoms. The molecule has 1 atom stereocenters. The minimum Gasteiger partial charge on any atom is -0.497 e. The van der Waals surface area contributed by atoms with Gasteiger partial charge in [0.15, 0.2) is 0 Å². The second-order valence-electron chi connectivity index (χ2n) is 9.23. The number of anilines is 1. The number of para-hydroxylation sites is 1. The highest BCUT2D eigenvalue weighted by atomic mass is 16.5. The Kier molecular flexibility index (Phi) is 8.52. The molecule has 38 heavy (non-hydrogen) atoms. The lowest BCUT2D eigenvalue weighted by Gasteiger charge is -2.32. The van der Waals surface area contributed by atoms with Gasteiger partial charge in [0.25, 0.3) is 0 Å². The van der Waals surface area contributed by atoms with Crippen molar-refractivity contribution < 1.29 is 19.1 Å². The van der Waals surface area contributed by atoms with Crippen molar-refractivity contribution >= 4 is 28.5 Å². The van der Waals surface area contributed by atoms with E-state index in [4.69, 9.17) is 9.47 Å². The monoisotopic (exact) mass is 516 g/mol. The molecule has 0 aliphatic carbocycles. The molecule has 198 valence electrons. The second kappa shape index (κ2) is 12.2. The molecule has 0 fully saturated rings. The highest BCUT2D eigenvalue weighted by Crippen LogP contribution is 2.34. The molecule has 0 aliphatic rings. The van der Waals surface area contributed by atoms with Gasteiger partial charge >= 0.3 is 0 Å². The molecule has 0 bridgehead atoms. The number of nitrogens with zero attached hydrogens (tertiary/aromatic N) is 5. The van der Waals surface area contributed by atoms with E-state index < -0.39 is 6.04 Å². The van der Waals surface area contributed by atoms with Crippen LogP contribution < -0.4 is 19.7 Å². The predicted octanol–water partition coefficient (Wildman–Crippen LogP) is 3.78.